The second-order valence-electron chi connectivity index (χ2n) is 1.97. The highest BCUT2D eigenvalue weighted by atomic mass is 32.2. The van der Waals surface area contributed by atoms with Crippen LogP contribution in [-0.2, 0) is 4.79 Å². The number of aliphatic carboxylic acids is 1. The van der Waals surface area contributed by atoms with Gasteiger partial charge >= 0.3 is 0 Å². The lowest BCUT2D eigenvalue weighted by molar-refractivity contribution is -0.303. The minimum Gasteiger partial charge on any atom is -0.549 e. The van der Waals surface area contributed by atoms with Crippen molar-refractivity contribution in [1.29, 1.82) is 0 Å². The van der Waals surface area contributed by atoms with Crippen molar-refractivity contribution in [2.75, 3.05) is 0 Å². The van der Waals surface area contributed by atoms with Crippen LogP contribution in [0.3, 0.4) is 0 Å². The molecule has 1 aliphatic heterocycles. The Hall–Kier alpha value is -1.00. The molecule has 0 aromatic heterocycles. The van der Waals surface area contributed by atoms with E-state index in [2.05, 4.69) is 0 Å². The standard InChI is InChI=1S/C8H8O2S.H3N/c9-8(10)7-5-3-1-2-4-6-11-7;/h1-7H,(H,9,10);1H3. The molecule has 1 rings (SSSR count). The lowest BCUT2D eigenvalue weighted by Gasteiger charge is -2.10. The summed E-state index contributed by atoms with van der Waals surface area (Å²) in [5.41, 5.74) is 0. The van der Waals surface area contributed by atoms with Crippen molar-refractivity contribution < 1.29 is 9.90 Å². The Balaban J connectivity index is 0.00000121. The van der Waals surface area contributed by atoms with Gasteiger partial charge in [-0.15, -0.1) is 11.8 Å². The van der Waals surface area contributed by atoms with Crippen LogP contribution in [0.2, 0.25) is 0 Å². The largest absolute Gasteiger partial charge is 0.549 e. The van der Waals surface area contributed by atoms with Gasteiger partial charge in [0.05, 0.1) is 11.2 Å². The highest BCUT2D eigenvalue weighted by Gasteiger charge is 2.03. The van der Waals surface area contributed by atoms with Crippen molar-refractivity contribution >= 4 is 17.7 Å². The maximum atomic E-state index is 10.4. The van der Waals surface area contributed by atoms with E-state index in [1.165, 1.54) is 11.8 Å². The SMILES string of the molecule is O=C([O-])C1C=CC=CC=CS1.[NH4+]. The zero-order valence-electron chi connectivity index (χ0n) is 6.77. The molecule has 0 aromatic carbocycles. The van der Waals surface area contributed by atoms with Gasteiger partial charge in [0.15, 0.2) is 0 Å². The predicted octanol–water partition coefficient (Wildman–Crippen LogP) is 0.854. The van der Waals surface area contributed by atoms with Crippen LogP contribution in [0.1, 0.15) is 0 Å². The minimum atomic E-state index is -1.05. The second-order valence-corrected chi connectivity index (χ2v) is 3.03. The Bertz CT molecular complexity index is 233. The summed E-state index contributed by atoms with van der Waals surface area (Å²) in [7, 11) is 0. The number of carboxylic acid groups (broad SMARTS) is 1. The van der Waals surface area contributed by atoms with E-state index in [1.54, 1.807) is 29.7 Å². The molecule has 0 bridgehead atoms. The van der Waals surface area contributed by atoms with Crippen molar-refractivity contribution in [3.63, 3.8) is 0 Å². The number of carbonyl (C=O) groups excluding carboxylic acids is 1. The molecule has 0 saturated heterocycles. The molecule has 0 aromatic rings. The minimum absolute atomic E-state index is 0. The maximum absolute atomic E-state index is 10.4. The molecule has 1 aliphatic rings. The van der Waals surface area contributed by atoms with Crippen LogP contribution in [0.5, 0.6) is 0 Å². The number of hydrogen-bond acceptors (Lipinski definition) is 3. The summed E-state index contributed by atoms with van der Waals surface area (Å²) in [4.78, 5) is 10.4. The van der Waals surface area contributed by atoms with Crippen molar-refractivity contribution in [2.45, 2.75) is 5.25 Å². The van der Waals surface area contributed by atoms with Gasteiger partial charge in [0, 0.05) is 0 Å². The normalized spacial score (nSPS) is 20.8. The summed E-state index contributed by atoms with van der Waals surface area (Å²) in [5.74, 6) is -1.05. The van der Waals surface area contributed by atoms with Crippen LogP contribution in [0, 0.1) is 0 Å². The molecule has 0 aliphatic carbocycles. The zero-order valence-corrected chi connectivity index (χ0v) is 7.58. The quantitative estimate of drug-likeness (QED) is 0.658. The summed E-state index contributed by atoms with van der Waals surface area (Å²) in [5, 5.41) is 11.6. The van der Waals surface area contributed by atoms with Crippen LogP contribution in [-0.4, -0.2) is 11.2 Å². The van der Waals surface area contributed by atoms with Crippen LogP contribution in [0.4, 0.5) is 0 Å². The van der Waals surface area contributed by atoms with E-state index < -0.39 is 11.2 Å². The first-order valence-electron chi connectivity index (χ1n) is 3.17. The number of thioether (sulfide) groups is 1. The molecule has 0 spiro atoms. The third-order valence-corrected chi connectivity index (χ3v) is 2.11. The smallest absolute Gasteiger partial charge is 0.0667 e. The van der Waals surface area contributed by atoms with Gasteiger partial charge in [0.2, 0.25) is 0 Å². The molecule has 1 atom stereocenters. The lowest BCUT2D eigenvalue weighted by atomic mass is 10.3. The topological polar surface area (TPSA) is 76.6 Å². The number of carboxylic acids is 1. The molecule has 1 unspecified atom stereocenters. The fraction of sp³-hybridized carbons (Fsp3) is 0.125. The summed E-state index contributed by atoms with van der Waals surface area (Å²) in [6, 6.07) is 0. The van der Waals surface area contributed by atoms with Gasteiger partial charge in [-0.05, 0) is 5.41 Å². The Morgan fingerprint density at radius 1 is 1.25 bits per heavy atom. The molecular formula is C8H11NO2S. The van der Waals surface area contributed by atoms with Crippen molar-refractivity contribution in [3.8, 4) is 0 Å². The van der Waals surface area contributed by atoms with Crippen LogP contribution in [0.15, 0.2) is 35.8 Å². The Labute approximate surface area is 75.4 Å². The fourth-order valence-corrected chi connectivity index (χ4v) is 1.29. The number of allylic oxidation sites excluding steroid dienone is 4. The molecular weight excluding hydrogens is 174 g/mol. The molecule has 0 saturated carbocycles. The average Bonchev–Trinajstić information content (AvgIpc) is 1.84. The Kier molecular flexibility index (Phi) is 5.16. The van der Waals surface area contributed by atoms with E-state index in [4.69, 9.17) is 0 Å². The molecule has 1 heterocycles. The summed E-state index contributed by atoms with van der Waals surface area (Å²) in [6.07, 6.45) is 8.72. The molecule has 3 nitrogen and oxygen atoms in total. The molecule has 0 radical (unpaired) electrons. The summed E-state index contributed by atoms with van der Waals surface area (Å²) < 4.78 is 0. The zero-order chi connectivity index (χ0) is 8.10. The van der Waals surface area contributed by atoms with E-state index in [0.29, 0.717) is 0 Å². The van der Waals surface area contributed by atoms with E-state index in [9.17, 15) is 9.90 Å². The van der Waals surface area contributed by atoms with Gasteiger partial charge in [-0.2, -0.15) is 0 Å². The van der Waals surface area contributed by atoms with Crippen LogP contribution in [0.25, 0.3) is 0 Å². The monoisotopic (exact) mass is 185 g/mol. The van der Waals surface area contributed by atoms with E-state index in [-0.39, 0.29) is 6.15 Å². The number of rotatable bonds is 1. The summed E-state index contributed by atoms with van der Waals surface area (Å²) in [6.45, 7) is 0. The van der Waals surface area contributed by atoms with Crippen molar-refractivity contribution in [1.82, 2.24) is 6.15 Å². The second kappa shape index (κ2) is 5.62. The van der Waals surface area contributed by atoms with Gasteiger partial charge in [-0.1, -0.05) is 30.4 Å². The first-order chi connectivity index (χ1) is 5.30. The maximum Gasteiger partial charge on any atom is 0.0667 e. The Morgan fingerprint density at radius 3 is 2.58 bits per heavy atom. The lowest BCUT2D eigenvalue weighted by Crippen LogP contribution is -2.31. The fourth-order valence-electron chi connectivity index (χ4n) is 0.648. The molecule has 4 N–H and O–H groups in total. The third-order valence-electron chi connectivity index (χ3n) is 1.16. The molecule has 12 heavy (non-hydrogen) atoms. The molecule has 66 valence electrons. The predicted molar refractivity (Wildman–Crippen MR) is 49.8 cm³/mol. The van der Waals surface area contributed by atoms with E-state index in [1.807, 2.05) is 6.08 Å². The van der Waals surface area contributed by atoms with Gasteiger partial charge in [-0.3, -0.25) is 0 Å². The van der Waals surface area contributed by atoms with Gasteiger partial charge in [0.25, 0.3) is 0 Å². The Morgan fingerprint density at radius 2 is 1.92 bits per heavy atom. The van der Waals surface area contributed by atoms with Crippen LogP contribution >= 0.6 is 11.8 Å². The van der Waals surface area contributed by atoms with Crippen molar-refractivity contribution in [3.05, 3.63) is 35.8 Å². The molecule has 4 heteroatoms. The van der Waals surface area contributed by atoms with Gasteiger partial charge in [-0.25, -0.2) is 0 Å². The number of carbonyl (C=O) groups is 1. The van der Waals surface area contributed by atoms with E-state index >= 15 is 0 Å². The third kappa shape index (κ3) is 3.41. The van der Waals surface area contributed by atoms with Gasteiger partial charge in [0.1, 0.15) is 0 Å². The van der Waals surface area contributed by atoms with E-state index in [0.717, 1.165) is 0 Å². The van der Waals surface area contributed by atoms with Crippen LogP contribution < -0.4 is 11.3 Å². The molecule has 0 fully saturated rings. The number of hydrogen-bond donors (Lipinski definition) is 1. The highest BCUT2D eigenvalue weighted by Crippen LogP contribution is 2.14. The summed E-state index contributed by atoms with van der Waals surface area (Å²) >= 11 is 1.22. The first-order valence-corrected chi connectivity index (χ1v) is 4.11. The van der Waals surface area contributed by atoms with Gasteiger partial charge < -0.3 is 16.1 Å². The first kappa shape index (κ1) is 11.0. The molecule has 0 amide bonds. The number of quaternary nitrogens is 1. The average molecular weight is 185 g/mol. The van der Waals surface area contributed by atoms with Crippen molar-refractivity contribution in [2.24, 2.45) is 0 Å². The highest BCUT2D eigenvalue weighted by molar-refractivity contribution is 8.03.